The van der Waals surface area contributed by atoms with Gasteiger partial charge in [-0.15, -0.1) is 0 Å². The molecule has 8 nitrogen and oxygen atoms in total. The van der Waals surface area contributed by atoms with Crippen molar-refractivity contribution < 1.29 is 4.74 Å². The molecular formula is C19H23N7O. The van der Waals surface area contributed by atoms with E-state index in [1.165, 1.54) is 0 Å². The lowest BCUT2D eigenvalue weighted by Crippen LogP contribution is -2.20. The van der Waals surface area contributed by atoms with Gasteiger partial charge in [-0.1, -0.05) is 20.8 Å². The van der Waals surface area contributed by atoms with Gasteiger partial charge in [0.1, 0.15) is 23.3 Å². The number of ether oxygens (including phenoxy) is 1. The van der Waals surface area contributed by atoms with E-state index in [2.05, 4.69) is 52.4 Å². The van der Waals surface area contributed by atoms with Crippen molar-refractivity contribution in [3.63, 3.8) is 0 Å². The molecule has 0 aliphatic rings. The Bertz CT molecular complexity index is 1010. The first-order chi connectivity index (χ1) is 12.8. The zero-order chi connectivity index (χ0) is 19.6. The van der Waals surface area contributed by atoms with Gasteiger partial charge in [0.2, 0.25) is 5.95 Å². The van der Waals surface area contributed by atoms with E-state index in [9.17, 15) is 5.26 Å². The molecule has 27 heavy (non-hydrogen) atoms. The molecule has 0 unspecified atom stereocenters. The van der Waals surface area contributed by atoms with Crippen LogP contribution in [0.5, 0.6) is 5.75 Å². The standard InChI is InChI=1S/C19H23N7O/c1-19(2,3)10-23-17-15-11(8-20)9-22-16(15)25-18(26-17)24-13-6-5-12(21)7-14(13)27-4/h5-7,9H,10,21H2,1-4H3,(H3,22,23,24,25,26). The quantitative estimate of drug-likeness (QED) is 0.509. The number of fused-ring (bicyclic) bond motifs is 1. The second-order valence-electron chi connectivity index (χ2n) is 7.43. The molecule has 0 bridgehead atoms. The smallest absolute Gasteiger partial charge is 0.231 e. The molecule has 0 radical (unpaired) electrons. The lowest BCUT2D eigenvalue weighted by molar-refractivity contribution is 0.417. The Hall–Kier alpha value is -3.47. The summed E-state index contributed by atoms with van der Waals surface area (Å²) in [5.41, 5.74) is 8.23. The summed E-state index contributed by atoms with van der Waals surface area (Å²) in [6.07, 6.45) is 1.63. The summed E-state index contributed by atoms with van der Waals surface area (Å²) in [5, 5.41) is 16.6. The minimum Gasteiger partial charge on any atom is -0.494 e. The molecule has 0 fully saturated rings. The fourth-order valence-electron chi connectivity index (χ4n) is 2.59. The second kappa shape index (κ2) is 7.03. The van der Waals surface area contributed by atoms with Crippen LogP contribution >= 0.6 is 0 Å². The number of nitriles is 1. The number of aromatic amines is 1. The first-order valence-corrected chi connectivity index (χ1v) is 8.54. The topological polar surface area (TPSA) is 125 Å². The Morgan fingerprint density at radius 2 is 2.07 bits per heavy atom. The van der Waals surface area contributed by atoms with Crippen molar-refractivity contribution >= 4 is 34.2 Å². The number of hydrogen-bond acceptors (Lipinski definition) is 7. The van der Waals surface area contributed by atoms with Crippen LogP contribution in [0.2, 0.25) is 0 Å². The van der Waals surface area contributed by atoms with Gasteiger partial charge in [0.15, 0.2) is 0 Å². The van der Waals surface area contributed by atoms with Crippen molar-refractivity contribution in [1.82, 2.24) is 15.0 Å². The molecule has 0 saturated heterocycles. The van der Waals surface area contributed by atoms with Gasteiger partial charge in [0, 0.05) is 24.5 Å². The molecule has 8 heteroatoms. The van der Waals surface area contributed by atoms with E-state index >= 15 is 0 Å². The third-order valence-electron chi connectivity index (χ3n) is 3.91. The Balaban J connectivity index is 2.03. The van der Waals surface area contributed by atoms with Crippen molar-refractivity contribution in [1.29, 1.82) is 5.26 Å². The maximum absolute atomic E-state index is 9.38. The van der Waals surface area contributed by atoms with Gasteiger partial charge in [-0.25, -0.2) is 0 Å². The molecule has 0 saturated carbocycles. The van der Waals surface area contributed by atoms with E-state index < -0.39 is 0 Å². The SMILES string of the molecule is COc1cc(N)ccc1Nc1nc(NCC(C)(C)C)c2c(C#N)c[nH]c2n1. The predicted octanol–water partition coefficient (Wildman–Crippen LogP) is 3.62. The van der Waals surface area contributed by atoms with Gasteiger partial charge in [-0.3, -0.25) is 0 Å². The highest BCUT2D eigenvalue weighted by Crippen LogP contribution is 2.31. The maximum atomic E-state index is 9.38. The molecule has 3 rings (SSSR count). The van der Waals surface area contributed by atoms with Crippen LogP contribution < -0.4 is 21.1 Å². The Labute approximate surface area is 157 Å². The summed E-state index contributed by atoms with van der Waals surface area (Å²) in [4.78, 5) is 12.1. The number of nitrogens with zero attached hydrogens (tertiary/aromatic N) is 3. The summed E-state index contributed by atoms with van der Waals surface area (Å²) in [7, 11) is 1.57. The number of nitrogen functional groups attached to an aromatic ring is 1. The minimum absolute atomic E-state index is 0.0498. The van der Waals surface area contributed by atoms with Crippen LogP contribution in [-0.4, -0.2) is 28.6 Å². The third-order valence-corrected chi connectivity index (χ3v) is 3.91. The van der Waals surface area contributed by atoms with Crippen LogP contribution in [0.4, 0.5) is 23.1 Å². The van der Waals surface area contributed by atoms with Gasteiger partial charge < -0.3 is 26.1 Å². The molecule has 1 aromatic carbocycles. The summed E-state index contributed by atoms with van der Waals surface area (Å²) in [5.74, 6) is 1.57. The fraction of sp³-hybridized carbons (Fsp3) is 0.316. The normalized spacial score (nSPS) is 11.2. The number of H-pyrrole nitrogens is 1. The van der Waals surface area contributed by atoms with Crippen LogP contribution in [0, 0.1) is 16.7 Å². The molecule has 0 spiro atoms. The lowest BCUT2D eigenvalue weighted by atomic mass is 9.97. The first kappa shape index (κ1) is 18.3. The number of benzene rings is 1. The summed E-state index contributed by atoms with van der Waals surface area (Å²) >= 11 is 0. The zero-order valence-electron chi connectivity index (χ0n) is 15.8. The molecule has 0 amide bonds. The number of nitrogens with one attached hydrogen (secondary N) is 3. The molecule has 0 aliphatic heterocycles. The van der Waals surface area contributed by atoms with Crippen molar-refractivity contribution in [2.45, 2.75) is 20.8 Å². The number of aromatic nitrogens is 3. The Morgan fingerprint density at radius 3 is 2.74 bits per heavy atom. The first-order valence-electron chi connectivity index (χ1n) is 8.54. The molecule has 0 atom stereocenters. The second-order valence-corrected chi connectivity index (χ2v) is 7.43. The number of methoxy groups -OCH3 is 1. The lowest BCUT2D eigenvalue weighted by Gasteiger charge is -2.20. The van der Waals surface area contributed by atoms with Crippen molar-refractivity contribution in [3.8, 4) is 11.8 Å². The summed E-state index contributed by atoms with van der Waals surface area (Å²) in [6.45, 7) is 7.07. The van der Waals surface area contributed by atoms with E-state index in [1.54, 1.807) is 31.5 Å². The van der Waals surface area contributed by atoms with Crippen molar-refractivity contribution in [2.75, 3.05) is 30.0 Å². The van der Waals surface area contributed by atoms with Gasteiger partial charge in [0.25, 0.3) is 0 Å². The molecule has 2 heterocycles. The monoisotopic (exact) mass is 365 g/mol. The summed E-state index contributed by atoms with van der Waals surface area (Å²) < 4.78 is 5.37. The largest absolute Gasteiger partial charge is 0.494 e. The third kappa shape index (κ3) is 4.03. The molecule has 2 aromatic heterocycles. The molecule has 0 aliphatic carbocycles. The van der Waals surface area contributed by atoms with Crippen molar-refractivity contribution in [2.24, 2.45) is 5.41 Å². The van der Waals surface area contributed by atoms with Crippen molar-refractivity contribution in [3.05, 3.63) is 30.0 Å². The van der Waals surface area contributed by atoms with Gasteiger partial charge in [-0.05, 0) is 17.5 Å². The predicted molar refractivity (Wildman–Crippen MR) is 107 cm³/mol. The minimum atomic E-state index is 0.0498. The van der Waals surface area contributed by atoms with E-state index in [0.717, 1.165) is 0 Å². The average Bonchev–Trinajstić information content (AvgIpc) is 3.03. The van der Waals surface area contributed by atoms with Crippen LogP contribution in [-0.2, 0) is 0 Å². The van der Waals surface area contributed by atoms with Gasteiger partial charge in [0.05, 0.1) is 23.7 Å². The van der Waals surface area contributed by atoms with Crippen LogP contribution in [0.1, 0.15) is 26.3 Å². The average molecular weight is 365 g/mol. The van der Waals surface area contributed by atoms with E-state index in [0.29, 0.717) is 52.0 Å². The van der Waals surface area contributed by atoms with E-state index in [1.807, 2.05) is 0 Å². The van der Waals surface area contributed by atoms with Crippen LogP contribution in [0.15, 0.2) is 24.4 Å². The van der Waals surface area contributed by atoms with Crippen LogP contribution in [0.25, 0.3) is 11.0 Å². The molecule has 3 aromatic rings. The number of nitrogens with two attached hydrogens (primary N) is 1. The number of anilines is 4. The Morgan fingerprint density at radius 1 is 1.30 bits per heavy atom. The fourth-order valence-corrected chi connectivity index (χ4v) is 2.59. The maximum Gasteiger partial charge on any atom is 0.231 e. The number of hydrogen-bond donors (Lipinski definition) is 4. The number of rotatable bonds is 5. The highest BCUT2D eigenvalue weighted by Gasteiger charge is 2.17. The highest BCUT2D eigenvalue weighted by atomic mass is 16.5. The highest BCUT2D eigenvalue weighted by molar-refractivity contribution is 5.93. The zero-order valence-corrected chi connectivity index (χ0v) is 15.8. The van der Waals surface area contributed by atoms with E-state index in [-0.39, 0.29) is 5.41 Å². The molecule has 5 N–H and O–H groups in total. The van der Waals surface area contributed by atoms with E-state index in [4.69, 9.17) is 10.5 Å². The Kier molecular flexibility index (Phi) is 4.77. The molecular weight excluding hydrogens is 342 g/mol. The van der Waals surface area contributed by atoms with Gasteiger partial charge >= 0.3 is 0 Å². The van der Waals surface area contributed by atoms with Crippen LogP contribution in [0.3, 0.4) is 0 Å². The van der Waals surface area contributed by atoms with Gasteiger partial charge in [-0.2, -0.15) is 15.2 Å². The molecule has 140 valence electrons. The summed E-state index contributed by atoms with van der Waals surface area (Å²) in [6, 6.07) is 7.47.